The molecule has 0 amide bonds. The zero-order valence-corrected chi connectivity index (χ0v) is 11.1. The number of hydrogen-bond acceptors (Lipinski definition) is 3. The molecule has 0 radical (unpaired) electrons. The number of nitrogens with two attached hydrogens (primary N) is 1. The van der Waals surface area contributed by atoms with Gasteiger partial charge in [0.2, 0.25) is 0 Å². The second kappa shape index (κ2) is 4.63. The highest BCUT2D eigenvalue weighted by Gasteiger charge is 2.45. The molecule has 2 N–H and O–H groups in total. The SMILES string of the molecule is CC1CN(C2(CN)CCCC2C)CCN1C. The van der Waals surface area contributed by atoms with Gasteiger partial charge in [0.15, 0.2) is 0 Å². The first kappa shape index (κ1) is 12.3. The molecule has 2 aliphatic rings. The Morgan fingerprint density at radius 2 is 2.06 bits per heavy atom. The van der Waals surface area contributed by atoms with Crippen molar-refractivity contribution < 1.29 is 0 Å². The van der Waals surface area contributed by atoms with E-state index in [0.29, 0.717) is 11.6 Å². The second-order valence-corrected chi connectivity index (χ2v) is 5.88. The number of likely N-dealkylation sites (N-methyl/N-ethyl adjacent to an activating group) is 1. The lowest BCUT2D eigenvalue weighted by molar-refractivity contribution is 0.000733. The normalized spacial score (nSPS) is 42.8. The van der Waals surface area contributed by atoms with Crippen molar-refractivity contribution in [1.82, 2.24) is 9.80 Å². The molecule has 3 unspecified atom stereocenters. The van der Waals surface area contributed by atoms with Gasteiger partial charge >= 0.3 is 0 Å². The minimum atomic E-state index is 0.315. The number of hydrogen-bond donors (Lipinski definition) is 1. The molecule has 2 rings (SSSR count). The van der Waals surface area contributed by atoms with Gasteiger partial charge in [0, 0.05) is 37.8 Å². The second-order valence-electron chi connectivity index (χ2n) is 5.88. The smallest absolute Gasteiger partial charge is 0.0358 e. The van der Waals surface area contributed by atoms with Crippen LogP contribution in [-0.2, 0) is 0 Å². The van der Waals surface area contributed by atoms with Crippen LogP contribution >= 0.6 is 0 Å². The minimum absolute atomic E-state index is 0.315. The highest BCUT2D eigenvalue weighted by molar-refractivity contribution is 5.02. The minimum Gasteiger partial charge on any atom is -0.329 e. The lowest BCUT2D eigenvalue weighted by Crippen LogP contribution is -2.63. The summed E-state index contributed by atoms with van der Waals surface area (Å²) in [7, 11) is 2.23. The number of rotatable bonds is 2. The number of nitrogens with zero attached hydrogens (tertiary/aromatic N) is 2. The average molecular weight is 225 g/mol. The third kappa shape index (κ3) is 1.89. The predicted octanol–water partition coefficient (Wildman–Crippen LogP) is 1.14. The van der Waals surface area contributed by atoms with E-state index in [1.165, 1.54) is 38.9 Å². The zero-order chi connectivity index (χ0) is 11.8. The van der Waals surface area contributed by atoms with E-state index in [1.807, 2.05) is 0 Å². The first-order valence-corrected chi connectivity index (χ1v) is 6.75. The van der Waals surface area contributed by atoms with E-state index in [2.05, 4.69) is 30.7 Å². The summed E-state index contributed by atoms with van der Waals surface area (Å²) in [5.74, 6) is 0.771. The molecule has 0 aromatic carbocycles. The van der Waals surface area contributed by atoms with Gasteiger partial charge in [0.05, 0.1) is 0 Å². The molecule has 0 aromatic heterocycles. The summed E-state index contributed by atoms with van der Waals surface area (Å²) in [4.78, 5) is 5.15. The lowest BCUT2D eigenvalue weighted by Gasteiger charge is -2.49. The number of piperazine rings is 1. The van der Waals surface area contributed by atoms with E-state index >= 15 is 0 Å². The van der Waals surface area contributed by atoms with Crippen LogP contribution in [0.15, 0.2) is 0 Å². The fourth-order valence-corrected chi connectivity index (χ4v) is 3.58. The van der Waals surface area contributed by atoms with Crippen LogP contribution < -0.4 is 5.73 Å². The first-order chi connectivity index (χ1) is 7.60. The van der Waals surface area contributed by atoms with Crippen molar-refractivity contribution in [2.24, 2.45) is 11.7 Å². The monoisotopic (exact) mass is 225 g/mol. The summed E-state index contributed by atoms with van der Waals surface area (Å²) in [5, 5.41) is 0. The van der Waals surface area contributed by atoms with Crippen LogP contribution in [0, 0.1) is 5.92 Å². The summed E-state index contributed by atoms with van der Waals surface area (Å²) in [6.07, 6.45) is 4.03. The van der Waals surface area contributed by atoms with E-state index in [1.54, 1.807) is 0 Å². The van der Waals surface area contributed by atoms with Crippen LogP contribution in [0.1, 0.15) is 33.1 Å². The summed E-state index contributed by atoms with van der Waals surface area (Å²) in [6, 6.07) is 0.671. The topological polar surface area (TPSA) is 32.5 Å². The Bertz CT molecular complexity index is 243. The molecule has 1 aliphatic heterocycles. The Morgan fingerprint density at radius 3 is 2.56 bits per heavy atom. The summed E-state index contributed by atoms with van der Waals surface area (Å²) < 4.78 is 0. The van der Waals surface area contributed by atoms with E-state index in [-0.39, 0.29) is 0 Å². The predicted molar refractivity (Wildman–Crippen MR) is 68.5 cm³/mol. The molecule has 3 heteroatoms. The van der Waals surface area contributed by atoms with Crippen molar-refractivity contribution in [3.8, 4) is 0 Å². The summed E-state index contributed by atoms with van der Waals surface area (Å²) in [6.45, 7) is 9.14. The van der Waals surface area contributed by atoms with E-state index in [0.717, 1.165) is 12.5 Å². The van der Waals surface area contributed by atoms with Gasteiger partial charge in [-0.05, 0) is 32.7 Å². The lowest BCUT2D eigenvalue weighted by atomic mass is 9.85. The van der Waals surface area contributed by atoms with Crippen molar-refractivity contribution in [3.63, 3.8) is 0 Å². The molecule has 1 aliphatic carbocycles. The van der Waals surface area contributed by atoms with Gasteiger partial charge in [-0.1, -0.05) is 13.3 Å². The van der Waals surface area contributed by atoms with Gasteiger partial charge in [-0.2, -0.15) is 0 Å². The van der Waals surface area contributed by atoms with Gasteiger partial charge in [-0.25, -0.2) is 0 Å². The van der Waals surface area contributed by atoms with Crippen LogP contribution in [0.2, 0.25) is 0 Å². The maximum atomic E-state index is 6.11. The van der Waals surface area contributed by atoms with E-state index < -0.39 is 0 Å². The molecule has 0 bridgehead atoms. The molecule has 94 valence electrons. The standard InChI is InChI=1S/C13H27N3/c1-11-5-4-6-13(11,10-14)16-8-7-15(3)12(2)9-16/h11-12H,4-10,14H2,1-3H3. The van der Waals surface area contributed by atoms with Crippen LogP contribution in [-0.4, -0.2) is 54.6 Å². The van der Waals surface area contributed by atoms with Crippen LogP contribution in [0.4, 0.5) is 0 Å². The summed E-state index contributed by atoms with van der Waals surface area (Å²) >= 11 is 0. The largest absolute Gasteiger partial charge is 0.329 e. The fraction of sp³-hybridized carbons (Fsp3) is 1.00. The average Bonchev–Trinajstić information content (AvgIpc) is 2.65. The first-order valence-electron chi connectivity index (χ1n) is 6.75. The Labute approximate surface area is 100.0 Å². The van der Waals surface area contributed by atoms with Gasteiger partial charge in [-0.3, -0.25) is 4.90 Å². The Morgan fingerprint density at radius 1 is 1.31 bits per heavy atom. The molecule has 1 saturated carbocycles. The quantitative estimate of drug-likeness (QED) is 0.765. The Kier molecular flexibility index (Phi) is 3.57. The molecule has 2 fully saturated rings. The van der Waals surface area contributed by atoms with Crippen LogP contribution in [0.5, 0.6) is 0 Å². The molecule has 1 saturated heterocycles. The summed E-state index contributed by atoms with van der Waals surface area (Å²) in [5.41, 5.74) is 6.43. The van der Waals surface area contributed by atoms with E-state index in [4.69, 9.17) is 5.73 Å². The molecule has 0 spiro atoms. The van der Waals surface area contributed by atoms with Gasteiger partial charge < -0.3 is 10.6 Å². The Balaban J connectivity index is 2.10. The molecular formula is C13H27N3. The van der Waals surface area contributed by atoms with Crippen molar-refractivity contribution in [1.29, 1.82) is 0 Å². The van der Waals surface area contributed by atoms with Gasteiger partial charge in [0.25, 0.3) is 0 Å². The van der Waals surface area contributed by atoms with Crippen molar-refractivity contribution >= 4 is 0 Å². The maximum absolute atomic E-state index is 6.11. The van der Waals surface area contributed by atoms with Crippen LogP contribution in [0.3, 0.4) is 0 Å². The molecule has 3 atom stereocenters. The molecule has 1 heterocycles. The third-order valence-corrected chi connectivity index (χ3v) is 5.11. The fourth-order valence-electron chi connectivity index (χ4n) is 3.58. The highest BCUT2D eigenvalue weighted by Crippen LogP contribution is 2.40. The third-order valence-electron chi connectivity index (χ3n) is 5.11. The van der Waals surface area contributed by atoms with E-state index in [9.17, 15) is 0 Å². The molecule has 0 aromatic rings. The Hall–Kier alpha value is -0.120. The van der Waals surface area contributed by atoms with Gasteiger partial charge in [-0.15, -0.1) is 0 Å². The highest BCUT2D eigenvalue weighted by atomic mass is 15.3. The molecular weight excluding hydrogens is 198 g/mol. The van der Waals surface area contributed by atoms with Crippen LogP contribution in [0.25, 0.3) is 0 Å². The van der Waals surface area contributed by atoms with Crippen molar-refractivity contribution in [2.75, 3.05) is 33.2 Å². The van der Waals surface area contributed by atoms with Crippen molar-refractivity contribution in [2.45, 2.75) is 44.7 Å². The van der Waals surface area contributed by atoms with Crippen molar-refractivity contribution in [3.05, 3.63) is 0 Å². The van der Waals surface area contributed by atoms with Gasteiger partial charge in [0.1, 0.15) is 0 Å². The zero-order valence-electron chi connectivity index (χ0n) is 11.1. The molecule has 3 nitrogen and oxygen atoms in total. The molecule has 16 heavy (non-hydrogen) atoms. The maximum Gasteiger partial charge on any atom is 0.0358 e.